The maximum atomic E-state index is 5.19. The van der Waals surface area contributed by atoms with E-state index in [-0.39, 0.29) is 0 Å². The zero-order chi connectivity index (χ0) is 8.55. The average Bonchev–Trinajstić information content (AvgIpc) is 2.47. The average molecular weight is 177 g/mol. The van der Waals surface area contributed by atoms with Crippen molar-refractivity contribution in [3.8, 4) is 0 Å². The molecule has 1 aromatic heterocycles. The van der Waals surface area contributed by atoms with E-state index in [0.29, 0.717) is 0 Å². The van der Waals surface area contributed by atoms with Gasteiger partial charge in [-0.1, -0.05) is 0 Å². The zero-order valence-electron chi connectivity index (χ0n) is 6.83. The van der Waals surface area contributed by atoms with Gasteiger partial charge in [0.05, 0.1) is 6.26 Å². The molecule has 0 atom stereocenters. The predicted molar refractivity (Wildman–Crippen MR) is 52.5 cm³/mol. The van der Waals surface area contributed by atoms with E-state index in [1.165, 1.54) is 4.90 Å². The molecule has 0 saturated heterocycles. The molecule has 0 bridgehead atoms. The first-order chi connectivity index (χ1) is 5.81. The van der Waals surface area contributed by atoms with Crippen LogP contribution in [0.25, 0.3) is 10.8 Å². The fourth-order valence-electron chi connectivity index (χ4n) is 1.22. The molecule has 2 rings (SSSR count). The van der Waals surface area contributed by atoms with E-state index in [0.717, 1.165) is 16.5 Å². The predicted octanol–water partition coefficient (Wildman–Crippen LogP) is 3.34. The maximum Gasteiger partial charge on any atom is 0.112 e. The summed E-state index contributed by atoms with van der Waals surface area (Å²) in [5.74, 6) is 0.748. The van der Waals surface area contributed by atoms with Gasteiger partial charge in [-0.3, -0.25) is 0 Å². The van der Waals surface area contributed by atoms with E-state index in [4.69, 9.17) is 4.42 Å². The molecule has 2 heteroatoms. The Morgan fingerprint density at radius 3 is 3.00 bits per heavy atom. The standard InChI is InChI=1S/C10H9OS/c1-7-10-4-3-9(12-2)5-8(10)6-11-7/h3-6H,1H2,2H3. The van der Waals surface area contributed by atoms with Gasteiger partial charge in [0.2, 0.25) is 0 Å². The molecule has 1 radical (unpaired) electrons. The second-order valence-corrected chi connectivity index (χ2v) is 3.49. The minimum atomic E-state index is 0.748. The van der Waals surface area contributed by atoms with Crippen molar-refractivity contribution in [1.29, 1.82) is 0 Å². The number of furan rings is 1. The Kier molecular flexibility index (Phi) is 1.85. The summed E-state index contributed by atoms with van der Waals surface area (Å²) in [6.07, 6.45) is 3.81. The van der Waals surface area contributed by atoms with Crippen LogP contribution in [0.2, 0.25) is 0 Å². The highest BCUT2D eigenvalue weighted by Gasteiger charge is 2.01. The van der Waals surface area contributed by atoms with Crippen molar-refractivity contribution in [1.82, 2.24) is 0 Å². The smallest absolute Gasteiger partial charge is 0.112 e. The minimum Gasteiger partial charge on any atom is -0.468 e. The van der Waals surface area contributed by atoms with Gasteiger partial charge >= 0.3 is 0 Å². The minimum absolute atomic E-state index is 0.748. The number of fused-ring (bicyclic) bond motifs is 1. The maximum absolute atomic E-state index is 5.19. The molecule has 0 unspecified atom stereocenters. The van der Waals surface area contributed by atoms with Gasteiger partial charge in [-0.2, -0.15) is 0 Å². The van der Waals surface area contributed by atoms with Crippen LogP contribution in [-0.4, -0.2) is 6.26 Å². The van der Waals surface area contributed by atoms with Crippen LogP contribution in [0.1, 0.15) is 5.76 Å². The van der Waals surface area contributed by atoms with Crippen LogP contribution in [-0.2, 0) is 0 Å². The largest absolute Gasteiger partial charge is 0.468 e. The molecule has 1 nitrogen and oxygen atoms in total. The lowest BCUT2D eigenvalue weighted by molar-refractivity contribution is 0.554. The topological polar surface area (TPSA) is 13.1 Å². The van der Waals surface area contributed by atoms with Crippen molar-refractivity contribution in [2.45, 2.75) is 4.90 Å². The SMILES string of the molecule is [CH2]c1occ2cc(SC)ccc12. The van der Waals surface area contributed by atoms with Gasteiger partial charge < -0.3 is 4.42 Å². The first-order valence-corrected chi connectivity index (χ1v) is 4.91. The molecule has 0 aliphatic rings. The molecule has 0 aliphatic carbocycles. The third-order valence-electron chi connectivity index (χ3n) is 1.89. The molecular weight excluding hydrogens is 168 g/mol. The Morgan fingerprint density at radius 1 is 1.42 bits per heavy atom. The number of thioether (sulfide) groups is 1. The van der Waals surface area contributed by atoms with Crippen molar-refractivity contribution < 1.29 is 4.42 Å². The number of rotatable bonds is 1. The summed E-state index contributed by atoms with van der Waals surface area (Å²) in [6, 6.07) is 6.24. The molecule has 0 aliphatic heterocycles. The van der Waals surface area contributed by atoms with Crippen molar-refractivity contribution in [3.63, 3.8) is 0 Å². The van der Waals surface area contributed by atoms with Gasteiger partial charge in [-0.25, -0.2) is 0 Å². The van der Waals surface area contributed by atoms with Crippen LogP contribution in [0.5, 0.6) is 0 Å². The number of benzene rings is 1. The second kappa shape index (κ2) is 2.87. The van der Waals surface area contributed by atoms with E-state index >= 15 is 0 Å². The molecule has 0 spiro atoms. The fourth-order valence-corrected chi connectivity index (χ4v) is 1.67. The highest BCUT2D eigenvalue weighted by molar-refractivity contribution is 7.98. The molecule has 0 saturated carbocycles. The molecular formula is C10H9OS. The molecule has 12 heavy (non-hydrogen) atoms. The summed E-state index contributed by atoms with van der Waals surface area (Å²) in [7, 11) is 0. The molecule has 0 fully saturated rings. The van der Waals surface area contributed by atoms with Gasteiger partial charge in [0.1, 0.15) is 5.76 Å². The van der Waals surface area contributed by atoms with Crippen LogP contribution < -0.4 is 0 Å². The summed E-state index contributed by atoms with van der Waals surface area (Å²) in [6.45, 7) is 3.79. The molecule has 0 N–H and O–H groups in total. The Labute approximate surface area is 75.8 Å². The summed E-state index contributed by atoms with van der Waals surface area (Å²) in [5.41, 5.74) is 0. The summed E-state index contributed by atoms with van der Waals surface area (Å²) in [4.78, 5) is 1.25. The summed E-state index contributed by atoms with van der Waals surface area (Å²) >= 11 is 1.73. The van der Waals surface area contributed by atoms with Crippen molar-refractivity contribution >= 4 is 22.5 Å². The highest BCUT2D eigenvalue weighted by Crippen LogP contribution is 2.25. The van der Waals surface area contributed by atoms with E-state index in [1.54, 1.807) is 18.0 Å². The monoisotopic (exact) mass is 177 g/mol. The Hall–Kier alpha value is -0.890. The van der Waals surface area contributed by atoms with Gasteiger partial charge in [-0.15, -0.1) is 11.8 Å². The molecule has 1 aromatic carbocycles. The lowest BCUT2D eigenvalue weighted by atomic mass is 10.2. The van der Waals surface area contributed by atoms with Crippen molar-refractivity contribution in [2.24, 2.45) is 0 Å². The van der Waals surface area contributed by atoms with Crippen LogP contribution in [0.3, 0.4) is 0 Å². The Morgan fingerprint density at radius 2 is 2.25 bits per heavy atom. The molecule has 1 heterocycles. The lowest BCUT2D eigenvalue weighted by Gasteiger charge is -1.94. The Bertz CT molecular complexity index is 403. The second-order valence-electron chi connectivity index (χ2n) is 2.61. The van der Waals surface area contributed by atoms with Crippen molar-refractivity contribution in [2.75, 3.05) is 6.26 Å². The summed E-state index contributed by atoms with van der Waals surface area (Å²) < 4.78 is 5.19. The van der Waals surface area contributed by atoms with Crippen LogP contribution in [0, 0.1) is 6.92 Å². The van der Waals surface area contributed by atoms with E-state index in [2.05, 4.69) is 25.3 Å². The highest BCUT2D eigenvalue weighted by atomic mass is 32.2. The molecule has 0 amide bonds. The van der Waals surface area contributed by atoms with E-state index in [1.807, 2.05) is 6.07 Å². The van der Waals surface area contributed by atoms with Crippen LogP contribution >= 0.6 is 11.8 Å². The molecule has 61 valence electrons. The van der Waals surface area contributed by atoms with E-state index < -0.39 is 0 Å². The van der Waals surface area contributed by atoms with Gasteiger partial charge in [0.15, 0.2) is 0 Å². The van der Waals surface area contributed by atoms with Gasteiger partial charge in [0.25, 0.3) is 0 Å². The van der Waals surface area contributed by atoms with Crippen molar-refractivity contribution in [3.05, 3.63) is 37.1 Å². The normalized spacial score (nSPS) is 10.8. The Balaban J connectivity index is 2.69. The zero-order valence-corrected chi connectivity index (χ0v) is 7.65. The number of hydrogen-bond acceptors (Lipinski definition) is 2. The first kappa shape index (κ1) is 7.74. The number of hydrogen-bond donors (Lipinski definition) is 0. The van der Waals surface area contributed by atoms with Gasteiger partial charge in [0, 0.05) is 22.6 Å². The lowest BCUT2D eigenvalue weighted by Crippen LogP contribution is -1.70. The van der Waals surface area contributed by atoms with Gasteiger partial charge in [-0.05, 0) is 24.5 Å². The molecule has 2 aromatic rings. The third-order valence-corrected chi connectivity index (χ3v) is 2.61. The fraction of sp³-hybridized carbons (Fsp3) is 0.100. The first-order valence-electron chi connectivity index (χ1n) is 3.68. The van der Waals surface area contributed by atoms with Crippen LogP contribution in [0.4, 0.5) is 0 Å². The van der Waals surface area contributed by atoms with E-state index in [9.17, 15) is 0 Å². The summed E-state index contributed by atoms with van der Waals surface area (Å²) in [5, 5.41) is 2.24. The van der Waals surface area contributed by atoms with Crippen LogP contribution in [0.15, 0.2) is 33.8 Å². The quantitative estimate of drug-likeness (QED) is 0.620. The third kappa shape index (κ3) is 1.12.